The standard InChI is InChI=1S/C13H14ClN3O3S/c1-7-5-9(11(15-7)12(18)19)16-13(20)17(2)6-8-3-4-10(14)21-8/h3-5,15H,6H2,1-2H3,(H,16,20)(H,18,19). The molecule has 2 rings (SSSR count). The number of hydrogen-bond donors (Lipinski definition) is 3. The topological polar surface area (TPSA) is 85.4 Å². The summed E-state index contributed by atoms with van der Waals surface area (Å²) in [6.07, 6.45) is 0. The Balaban J connectivity index is 2.05. The molecule has 0 aliphatic carbocycles. The van der Waals surface area contributed by atoms with Crippen molar-refractivity contribution in [1.29, 1.82) is 0 Å². The van der Waals surface area contributed by atoms with Crippen LogP contribution in [0.5, 0.6) is 0 Å². The number of aromatic nitrogens is 1. The van der Waals surface area contributed by atoms with Crippen LogP contribution in [0.25, 0.3) is 0 Å². The number of nitrogens with zero attached hydrogens (tertiary/aromatic N) is 1. The second kappa shape index (κ2) is 6.19. The van der Waals surface area contributed by atoms with Crippen LogP contribution in [0.1, 0.15) is 21.1 Å². The number of aryl methyl sites for hydroxylation is 1. The lowest BCUT2D eigenvalue weighted by atomic mass is 10.3. The van der Waals surface area contributed by atoms with Crippen molar-refractivity contribution in [2.75, 3.05) is 12.4 Å². The number of thiophene rings is 1. The van der Waals surface area contributed by atoms with Gasteiger partial charge in [0.2, 0.25) is 0 Å². The van der Waals surface area contributed by atoms with E-state index in [4.69, 9.17) is 16.7 Å². The monoisotopic (exact) mass is 327 g/mol. The van der Waals surface area contributed by atoms with Crippen LogP contribution in [0.15, 0.2) is 18.2 Å². The minimum atomic E-state index is -1.12. The molecule has 0 bridgehead atoms. The number of aromatic carboxylic acids is 1. The molecule has 0 aromatic carbocycles. The minimum absolute atomic E-state index is 0.0339. The first-order valence-electron chi connectivity index (χ1n) is 6.06. The van der Waals surface area contributed by atoms with Gasteiger partial charge in [0, 0.05) is 17.6 Å². The summed E-state index contributed by atoms with van der Waals surface area (Å²) in [6.45, 7) is 2.12. The molecule has 0 fully saturated rings. The van der Waals surface area contributed by atoms with Crippen molar-refractivity contribution >= 4 is 40.6 Å². The van der Waals surface area contributed by atoms with Crippen LogP contribution < -0.4 is 5.32 Å². The highest BCUT2D eigenvalue weighted by molar-refractivity contribution is 7.16. The summed E-state index contributed by atoms with van der Waals surface area (Å²) < 4.78 is 0.660. The fourth-order valence-electron chi connectivity index (χ4n) is 1.81. The number of urea groups is 1. The van der Waals surface area contributed by atoms with Crippen molar-refractivity contribution in [2.45, 2.75) is 13.5 Å². The van der Waals surface area contributed by atoms with Gasteiger partial charge in [-0.05, 0) is 25.1 Å². The maximum atomic E-state index is 12.1. The molecule has 3 N–H and O–H groups in total. The summed E-state index contributed by atoms with van der Waals surface area (Å²) in [4.78, 5) is 28.3. The molecule has 6 nitrogen and oxygen atoms in total. The average Bonchev–Trinajstić information content (AvgIpc) is 2.95. The zero-order chi connectivity index (χ0) is 15.6. The molecular weight excluding hydrogens is 314 g/mol. The fraction of sp³-hybridized carbons (Fsp3) is 0.231. The van der Waals surface area contributed by atoms with Crippen LogP contribution in [0.3, 0.4) is 0 Å². The molecule has 0 unspecified atom stereocenters. The smallest absolute Gasteiger partial charge is 0.354 e. The van der Waals surface area contributed by atoms with Gasteiger partial charge in [-0.15, -0.1) is 11.3 Å². The number of nitrogens with one attached hydrogen (secondary N) is 2. The fourth-order valence-corrected chi connectivity index (χ4v) is 2.95. The predicted molar refractivity (Wildman–Crippen MR) is 82.3 cm³/mol. The van der Waals surface area contributed by atoms with Crippen molar-refractivity contribution in [2.24, 2.45) is 0 Å². The summed E-state index contributed by atoms with van der Waals surface area (Å²) in [6, 6.07) is 4.81. The number of carboxylic acids is 1. The van der Waals surface area contributed by atoms with E-state index in [9.17, 15) is 9.59 Å². The van der Waals surface area contributed by atoms with Crippen LogP contribution in [0, 0.1) is 6.92 Å². The molecule has 0 saturated heterocycles. The molecule has 2 aromatic heterocycles. The molecule has 0 atom stereocenters. The van der Waals surface area contributed by atoms with Crippen molar-refractivity contribution in [1.82, 2.24) is 9.88 Å². The number of halogens is 1. The summed E-state index contributed by atoms with van der Waals surface area (Å²) in [5.41, 5.74) is 0.880. The summed E-state index contributed by atoms with van der Waals surface area (Å²) in [5.74, 6) is -1.12. The van der Waals surface area contributed by atoms with E-state index in [0.29, 0.717) is 16.6 Å². The number of H-pyrrole nitrogens is 1. The van der Waals surface area contributed by atoms with Gasteiger partial charge in [-0.2, -0.15) is 0 Å². The van der Waals surface area contributed by atoms with Crippen molar-refractivity contribution in [3.63, 3.8) is 0 Å². The molecule has 2 heterocycles. The molecule has 0 radical (unpaired) electrons. The Morgan fingerprint density at radius 3 is 2.76 bits per heavy atom. The Labute approximate surface area is 130 Å². The maximum absolute atomic E-state index is 12.1. The van der Waals surface area contributed by atoms with Crippen molar-refractivity contribution < 1.29 is 14.7 Å². The quantitative estimate of drug-likeness (QED) is 0.804. The number of carbonyl (C=O) groups excluding carboxylic acids is 1. The first-order valence-corrected chi connectivity index (χ1v) is 7.25. The van der Waals surface area contributed by atoms with Crippen LogP contribution in [0.2, 0.25) is 4.34 Å². The Morgan fingerprint density at radius 2 is 2.19 bits per heavy atom. The molecule has 0 saturated carbocycles. The van der Waals surface area contributed by atoms with Crippen LogP contribution >= 0.6 is 22.9 Å². The largest absolute Gasteiger partial charge is 0.477 e. The van der Waals surface area contributed by atoms with Gasteiger partial charge in [0.15, 0.2) is 0 Å². The first kappa shape index (κ1) is 15.4. The van der Waals surface area contributed by atoms with Crippen molar-refractivity contribution in [3.8, 4) is 0 Å². The molecule has 2 aromatic rings. The van der Waals surface area contributed by atoms with E-state index in [1.807, 2.05) is 6.07 Å². The number of rotatable bonds is 4. The van der Waals surface area contributed by atoms with Crippen LogP contribution in [-0.4, -0.2) is 34.0 Å². The molecule has 8 heteroatoms. The van der Waals surface area contributed by atoms with E-state index in [2.05, 4.69) is 10.3 Å². The van der Waals surface area contributed by atoms with Gasteiger partial charge in [-0.1, -0.05) is 11.6 Å². The van der Waals surface area contributed by atoms with E-state index in [0.717, 1.165) is 4.88 Å². The number of hydrogen-bond acceptors (Lipinski definition) is 3. The van der Waals surface area contributed by atoms with E-state index < -0.39 is 5.97 Å². The molecule has 112 valence electrons. The molecule has 2 amide bonds. The zero-order valence-corrected chi connectivity index (χ0v) is 13.0. The van der Waals surface area contributed by atoms with Gasteiger partial charge in [0.1, 0.15) is 5.69 Å². The van der Waals surface area contributed by atoms with E-state index >= 15 is 0 Å². The minimum Gasteiger partial charge on any atom is -0.477 e. The highest BCUT2D eigenvalue weighted by Gasteiger charge is 2.17. The summed E-state index contributed by atoms with van der Waals surface area (Å²) >= 11 is 7.24. The van der Waals surface area contributed by atoms with Crippen molar-refractivity contribution in [3.05, 3.63) is 38.8 Å². The predicted octanol–water partition coefficient (Wildman–Crippen LogP) is 3.40. The number of aromatic amines is 1. The summed E-state index contributed by atoms with van der Waals surface area (Å²) in [7, 11) is 1.63. The molecule has 0 aliphatic heterocycles. The van der Waals surface area contributed by atoms with Crippen LogP contribution in [0.4, 0.5) is 10.5 Å². The van der Waals surface area contributed by atoms with E-state index in [1.54, 1.807) is 26.1 Å². The van der Waals surface area contributed by atoms with Gasteiger partial charge >= 0.3 is 12.0 Å². The molecular formula is C13H14ClN3O3S. The maximum Gasteiger partial charge on any atom is 0.354 e. The molecule has 0 spiro atoms. The Hall–Kier alpha value is -1.99. The number of amides is 2. The third kappa shape index (κ3) is 3.77. The lowest BCUT2D eigenvalue weighted by molar-refractivity contribution is 0.0692. The lowest BCUT2D eigenvalue weighted by Gasteiger charge is -2.16. The Bertz CT molecular complexity index is 680. The first-order chi connectivity index (χ1) is 9.86. The summed E-state index contributed by atoms with van der Waals surface area (Å²) in [5, 5.41) is 11.6. The highest BCUT2D eigenvalue weighted by Crippen LogP contribution is 2.23. The highest BCUT2D eigenvalue weighted by atomic mass is 35.5. The van der Waals surface area contributed by atoms with Gasteiger partial charge in [-0.25, -0.2) is 9.59 Å². The third-order valence-corrected chi connectivity index (χ3v) is 3.99. The van der Waals surface area contributed by atoms with Gasteiger partial charge in [0.25, 0.3) is 0 Å². The van der Waals surface area contributed by atoms with Gasteiger partial charge < -0.3 is 20.3 Å². The normalized spacial score (nSPS) is 10.4. The number of carboxylic acid groups (broad SMARTS) is 1. The van der Waals surface area contributed by atoms with Crippen LogP contribution in [-0.2, 0) is 6.54 Å². The molecule has 0 aliphatic rings. The van der Waals surface area contributed by atoms with Gasteiger partial charge in [0.05, 0.1) is 16.6 Å². The number of anilines is 1. The third-order valence-electron chi connectivity index (χ3n) is 2.78. The second-order valence-corrected chi connectivity index (χ2v) is 6.34. The van der Waals surface area contributed by atoms with E-state index in [-0.39, 0.29) is 17.4 Å². The Kier molecular flexibility index (Phi) is 4.54. The van der Waals surface area contributed by atoms with E-state index in [1.165, 1.54) is 16.2 Å². The average molecular weight is 328 g/mol. The Morgan fingerprint density at radius 1 is 1.48 bits per heavy atom. The SMILES string of the molecule is Cc1cc(NC(=O)N(C)Cc2ccc(Cl)s2)c(C(=O)O)[nH]1. The number of carbonyl (C=O) groups is 2. The molecule has 21 heavy (non-hydrogen) atoms. The second-order valence-electron chi connectivity index (χ2n) is 4.54. The zero-order valence-electron chi connectivity index (χ0n) is 11.4. The lowest BCUT2D eigenvalue weighted by Crippen LogP contribution is -2.30. The van der Waals surface area contributed by atoms with Gasteiger partial charge in [-0.3, -0.25) is 0 Å².